The van der Waals surface area contributed by atoms with Crippen molar-refractivity contribution >= 4 is 16.0 Å². The van der Waals surface area contributed by atoms with Crippen LogP contribution in [-0.4, -0.2) is 35.8 Å². The van der Waals surface area contributed by atoms with E-state index in [0.717, 1.165) is 0 Å². The molecule has 0 aromatic carbocycles. The molecule has 7 nitrogen and oxygen atoms in total. The molecule has 19 heavy (non-hydrogen) atoms. The van der Waals surface area contributed by atoms with Crippen LogP contribution < -0.4 is 4.72 Å². The van der Waals surface area contributed by atoms with Gasteiger partial charge in [-0.25, -0.2) is 8.42 Å². The Hall–Kier alpha value is -1.41. The van der Waals surface area contributed by atoms with E-state index in [-0.39, 0.29) is 4.90 Å². The van der Waals surface area contributed by atoms with Gasteiger partial charge in [0.05, 0.1) is 6.20 Å². The van der Waals surface area contributed by atoms with Gasteiger partial charge in [-0.1, -0.05) is 0 Å². The monoisotopic (exact) mass is 289 g/mol. The summed E-state index contributed by atoms with van der Waals surface area (Å²) in [5.74, 6) is -0.625. The molecule has 0 radical (unpaired) electrons. The van der Waals surface area contributed by atoms with Crippen molar-refractivity contribution in [3.05, 3.63) is 12.4 Å². The molecule has 0 saturated carbocycles. The highest BCUT2D eigenvalue weighted by atomic mass is 32.2. The Morgan fingerprint density at radius 3 is 2.47 bits per heavy atom. The van der Waals surface area contributed by atoms with Crippen molar-refractivity contribution in [3.8, 4) is 0 Å². The van der Waals surface area contributed by atoms with Crippen LogP contribution in [0.15, 0.2) is 17.3 Å². The largest absolute Gasteiger partial charge is 0.459 e. The second-order valence-electron chi connectivity index (χ2n) is 5.23. The van der Waals surface area contributed by atoms with Crippen LogP contribution >= 0.6 is 0 Å². The number of nitrogens with one attached hydrogen (secondary N) is 1. The first-order chi connectivity index (χ1) is 8.51. The van der Waals surface area contributed by atoms with Crippen LogP contribution in [0.2, 0.25) is 0 Å². The van der Waals surface area contributed by atoms with E-state index in [1.165, 1.54) is 24.0 Å². The van der Waals surface area contributed by atoms with Gasteiger partial charge in [0, 0.05) is 13.2 Å². The average Bonchev–Trinajstić information content (AvgIpc) is 2.62. The third-order valence-corrected chi connectivity index (χ3v) is 3.58. The average molecular weight is 289 g/mol. The predicted molar refractivity (Wildman–Crippen MR) is 68.8 cm³/mol. The maximum Gasteiger partial charge on any atom is 0.324 e. The summed E-state index contributed by atoms with van der Waals surface area (Å²) in [5.41, 5.74) is -0.662. The van der Waals surface area contributed by atoms with Gasteiger partial charge in [0.2, 0.25) is 10.0 Å². The van der Waals surface area contributed by atoms with Crippen LogP contribution in [0.25, 0.3) is 0 Å². The first kappa shape index (κ1) is 15.6. The summed E-state index contributed by atoms with van der Waals surface area (Å²) in [7, 11) is -2.17. The standard InChI is InChI=1S/C11H19N3O4S/c1-8(10(15)18-11(2,3)4)13-19(16,17)9-6-12-14(5)7-9/h6-8,13H,1-5H3/t8-/m1/s1. The number of sulfonamides is 1. The lowest BCUT2D eigenvalue weighted by Gasteiger charge is -2.22. The summed E-state index contributed by atoms with van der Waals surface area (Å²) >= 11 is 0. The van der Waals surface area contributed by atoms with Gasteiger partial charge in [0.1, 0.15) is 16.5 Å². The van der Waals surface area contributed by atoms with E-state index in [1.54, 1.807) is 27.8 Å². The number of esters is 1. The molecule has 0 aliphatic heterocycles. The smallest absolute Gasteiger partial charge is 0.324 e. The summed E-state index contributed by atoms with van der Waals surface area (Å²) in [5, 5.41) is 3.78. The summed E-state index contributed by atoms with van der Waals surface area (Å²) in [6, 6.07) is -0.968. The SMILES string of the molecule is C[C@@H](NS(=O)(=O)c1cnn(C)c1)C(=O)OC(C)(C)C. The van der Waals surface area contributed by atoms with Gasteiger partial charge in [-0.3, -0.25) is 9.48 Å². The minimum absolute atomic E-state index is 0.00501. The summed E-state index contributed by atoms with van der Waals surface area (Å²) < 4.78 is 32.6. The highest BCUT2D eigenvalue weighted by Gasteiger charge is 2.27. The lowest BCUT2D eigenvalue weighted by Crippen LogP contribution is -2.42. The van der Waals surface area contributed by atoms with Gasteiger partial charge in [-0.2, -0.15) is 9.82 Å². The number of nitrogens with zero attached hydrogens (tertiary/aromatic N) is 2. The molecule has 0 amide bonds. The van der Waals surface area contributed by atoms with Crippen molar-refractivity contribution in [2.45, 2.75) is 44.2 Å². The van der Waals surface area contributed by atoms with Gasteiger partial charge < -0.3 is 4.74 Å². The lowest BCUT2D eigenvalue weighted by molar-refractivity contribution is -0.156. The maximum atomic E-state index is 12.0. The van der Waals surface area contributed by atoms with Crippen LogP contribution in [0, 0.1) is 0 Å². The molecule has 0 aliphatic carbocycles. The zero-order valence-corrected chi connectivity index (χ0v) is 12.5. The molecule has 108 valence electrons. The first-order valence-electron chi connectivity index (χ1n) is 5.75. The molecule has 1 rings (SSSR count). The minimum Gasteiger partial charge on any atom is -0.459 e. The van der Waals surface area contributed by atoms with Crippen molar-refractivity contribution in [2.24, 2.45) is 7.05 Å². The Morgan fingerprint density at radius 2 is 2.05 bits per heavy atom. The van der Waals surface area contributed by atoms with Crippen molar-refractivity contribution < 1.29 is 17.9 Å². The van der Waals surface area contributed by atoms with Crippen LogP contribution in [0.5, 0.6) is 0 Å². The Bertz CT molecular complexity index is 557. The quantitative estimate of drug-likeness (QED) is 0.812. The number of aromatic nitrogens is 2. The molecule has 8 heteroatoms. The van der Waals surface area contributed by atoms with Gasteiger partial charge in [0.25, 0.3) is 0 Å². The van der Waals surface area contributed by atoms with E-state index in [9.17, 15) is 13.2 Å². The van der Waals surface area contributed by atoms with Gasteiger partial charge >= 0.3 is 5.97 Å². The molecular weight excluding hydrogens is 270 g/mol. The van der Waals surface area contributed by atoms with Gasteiger partial charge in [-0.15, -0.1) is 0 Å². The lowest BCUT2D eigenvalue weighted by atomic mass is 10.2. The first-order valence-corrected chi connectivity index (χ1v) is 7.23. The third-order valence-electron chi connectivity index (χ3n) is 2.08. The molecule has 0 aliphatic rings. The second kappa shape index (κ2) is 5.30. The van der Waals surface area contributed by atoms with E-state index in [4.69, 9.17) is 4.74 Å². The van der Waals surface area contributed by atoms with Crippen molar-refractivity contribution in [1.82, 2.24) is 14.5 Å². The predicted octanol–water partition coefficient (Wildman–Crippen LogP) is 0.429. The molecule has 0 saturated heterocycles. The zero-order valence-electron chi connectivity index (χ0n) is 11.7. The van der Waals surface area contributed by atoms with Crippen LogP contribution in [0.4, 0.5) is 0 Å². The molecule has 0 bridgehead atoms. The fraction of sp³-hybridized carbons (Fsp3) is 0.636. The maximum absolute atomic E-state index is 12.0. The van der Waals surface area contributed by atoms with Crippen LogP contribution in [-0.2, 0) is 26.6 Å². The fourth-order valence-corrected chi connectivity index (χ4v) is 2.45. The Morgan fingerprint density at radius 1 is 1.47 bits per heavy atom. The fourth-order valence-electron chi connectivity index (χ4n) is 1.28. The molecular formula is C11H19N3O4S. The van der Waals surface area contributed by atoms with E-state index in [0.29, 0.717) is 0 Å². The van der Waals surface area contributed by atoms with E-state index >= 15 is 0 Å². The molecule has 1 aromatic heterocycles. The van der Waals surface area contributed by atoms with E-state index in [1.807, 2.05) is 0 Å². The number of rotatable bonds is 4. The Kier molecular flexibility index (Phi) is 4.36. The van der Waals surface area contributed by atoms with Crippen molar-refractivity contribution in [3.63, 3.8) is 0 Å². The molecule has 0 unspecified atom stereocenters. The molecule has 1 aromatic rings. The van der Waals surface area contributed by atoms with Gasteiger partial charge in [-0.05, 0) is 27.7 Å². The number of carbonyl (C=O) groups excluding carboxylic acids is 1. The number of hydrogen-bond acceptors (Lipinski definition) is 5. The molecule has 0 spiro atoms. The highest BCUT2D eigenvalue weighted by molar-refractivity contribution is 7.89. The number of carbonyl (C=O) groups is 1. The minimum atomic E-state index is -3.77. The number of hydrogen-bond donors (Lipinski definition) is 1. The Balaban J connectivity index is 2.76. The van der Waals surface area contributed by atoms with Crippen LogP contribution in [0.1, 0.15) is 27.7 Å². The van der Waals surface area contributed by atoms with Crippen molar-refractivity contribution in [1.29, 1.82) is 0 Å². The number of aryl methyl sites for hydroxylation is 1. The summed E-state index contributed by atoms with van der Waals surface area (Å²) in [4.78, 5) is 11.7. The molecule has 0 fully saturated rings. The molecule has 1 atom stereocenters. The Labute approximate surface area is 113 Å². The second-order valence-corrected chi connectivity index (χ2v) is 6.94. The zero-order chi connectivity index (χ0) is 14.8. The van der Waals surface area contributed by atoms with Crippen LogP contribution in [0.3, 0.4) is 0 Å². The normalized spacial score (nSPS) is 14.2. The topological polar surface area (TPSA) is 90.3 Å². The summed E-state index contributed by atoms with van der Waals surface area (Å²) in [6.45, 7) is 6.58. The molecule has 1 N–H and O–H groups in total. The van der Waals surface area contributed by atoms with E-state index in [2.05, 4.69) is 9.82 Å². The van der Waals surface area contributed by atoms with E-state index < -0.39 is 27.6 Å². The molecule has 1 heterocycles. The van der Waals surface area contributed by atoms with Crippen molar-refractivity contribution in [2.75, 3.05) is 0 Å². The highest BCUT2D eigenvalue weighted by Crippen LogP contribution is 2.11. The number of ether oxygens (including phenoxy) is 1. The van der Waals surface area contributed by atoms with Gasteiger partial charge in [0.15, 0.2) is 0 Å². The summed E-state index contributed by atoms with van der Waals surface area (Å²) in [6.07, 6.45) is 2.56. The third kappa shape index (κ3) is 4.64.